The Morgan fingerprint density at radius 1 is 1.29 bits per heavy atom. The quantitative estimate of drug-likeness (QED) is 0.671. The van der Waals surface area contributed by atoms with Crippen molar-refractivity contribution in [1.29, 1.82) is 0 Å². The number of benzene rings is 1. The van der Waals surface area contributed by atoms with Gasteiger partial charge in [0.2, 0.25) is 0 Å². The summed E-state index contributed by atoms with van der Waals surface area (Å²) >= 11 is 0. The summed E-state index contributed by atoms with van der Waals surface area (Å²) < 4.78 is 0. The number of nitro groups is 1. The van der Waals surface area contributed by atoms with Crippen molar-refractivity contribution in [2.24, 2.45) is 4.99 Å². The number of rotatable bonds is 2. The SMILES string of the molecule is O=[N+]([O-])c1ccc(C2CCCC23C=Nc2ccccc23)[nH]1. The third-order valence-corrected chi connectivity index (χ3v) is 4.81. The van der Waals surface area contributed by atoms with E-state index in [2.05, 4.69) is 22.3 Å². The molecule has 2 heterocycles. The zero-order valence-corrected chi connectivity index (χ0v) is 11.5. The van der Waals surface area contributed by atoms with E-state index in [0.717, 1.165) is 30.6 Å². The van der Waals surface area contributed by atoms with Crippen LogP contribution in [0.4, 0.5) is 11.5 Å². The van der Waals surface area contributed by atoms with Gasteiger partial charge in [-0.2, -0.15) is 0 Å². The largest absolute Gasteiger partial charge is 0.358 e. The Labute approximate surface area is 121 Å². The normalized spacial score (nSPS) is 26.4. The second-order valence-electron chi connectivity index (χ2n) is 5.82. The summed E-state index contributed by atoms with van der Waals surface area (Å²) in [5.74, 6) is 0.300. The molecule has 1 N–H and O–H groups in total. The Hall–Kier alpha value is -2.43. The van der Waals surface area contributed by atoms with Gasteiger partial charge < -0.3 is 10.1 Å². The Morgan fingerprint density at radius 3 is 2.95 bits per heavy atom. The van der Waals surface area contributed by atoms with Gasteiger partial charge in [-0.15, -0.1) is 0 Å². The average Bonchev–Trinajstić information content (AvgIpc) is 3.20. The molecule has 1 saturated carbocycles. The highest BCUT2D eigenvalue weighted by Crippen LogP contribution is 2.54. The van der Waals surface area contributed by atoms with Crippen LogP contribution in [0.25, 0.3) is 0 Å². The van der Waals surface area contributed by atoms with Crippen molar-refractivity contribution in [3.05, 3.63) is 57.8 Å². The fourth-order valence-electron chi connectivity index (χ4n) is 3.88. The molecule has 0 saturated heterocycles. The van der Waals surface area contributed by atoms with Crippen molar-refractivity contribution in [3.63, 3.8) is 0 Å². The van der Waals surface area contributed by atoms with E-state index in [4.69, 9.17) is 0 Å². The van der Waals surface area contributed by atoms with Crippen molar-refractivity contribution >= 4 is 17.7 Å². The average molecular weight is 281 g/mol. The molecule has 1 aliphatic carbocycles. The first-order chi connectivity index (χ1) is 10.2. The molecule has 21 heavy (non-hydrogen) atoms. The van der Waals surface area contributed by atoms with Crippen molar-refractivity contribution in [3.8, 4) is 0 Å². The number of H-pyrrole nitrogens is 1. The molecule has 2 unspecified atom stereocenters. The third kappa shape index (κ3) is 1.67. The smallest absolute Gasteiger partial charge is 0.321 e. The highest BCUT2D eigenvalue weighted by Gasteiger charge is 2.48. The number of fused-ring (bicyclic) bond motifs is 2. The Morgan fingerprint density at radius 2 is 2.14 bits per heavy atom. The maximum absolute atomic E-state index is 10.9. The Bertz CT molecular complexity index is 749. The van der Waals surface area contributed by atoms with Gasteiger partial charge in [0.15, 0.2) is 0 Å². The molecule has 1 aliphatic heterocycles. The molecule has 0 bridgehead atoms. The van der Waals surface area contributed by atoms with Crippen LogP contribution in [0.1, 0.15) is 36.4 Å². The van der Waals surface area contributed by atoms with Crippen LogP contribution < -0.4 is 0 Å². The number of nitrogens with one attached hydrogen (secondary N) is 1. The fraction of sp³-hybridized carbons (Fsp3) is 0.312. The minimum absolute atomic E-state index is 0.0651. The summed E-state index contributed by atoms with van der Waals surface area (Å²) in [5, 5.41) is 10.9. The first-order valence-electron chi connectivity index (χ1n) is 7.19. The minimum Gasteiger partial charge on any atom is -0.358 e. The highest BCUT2D eigenvalue weighted by molar-refractivity contribution is 5.87. The molecule has 1 aromatic heterocycles. The molecule has 2 atom stereocenters. The van der Waals surface area contributed by atoms with Gasteiger partial charge in [-0.3, -0.25) is 4.99 Å². The topological polar surface area (TPSA) is 71.3 Å². The highest BCUT2D eigenvalue weighted by atomic mass is 16.6. The van der Waals surface area contributed by atoms with Gasteiger partial charge in [0.1, 0.15) is 5.69 Å². The summed E-state index contributed by atoms with van der Waals surface area (Å²) in [6.07, 6.45) is 5.24. The van der Waals surface area contributed by atoms with Gasteiger partial charge in [-0.1, -0.05) is 24.6 Å². The number of aliphatic imine (C=N–C) groups is 1. The van der Waals surface area contributed by atoms with Crippen LogP contribution in [0.2, 0.25) is 0 Å². The zero-order chi connectivity index (χ0) is 14.4. The van der Waals surface area contributed by atoms with Crippen molar-refractivity contribution in [1.82, 2.24) is 4.98 Å². The van der Waals surface area contributed by atoms with Gasteiger partial charge in [0.25, 0.3) is 0 Å². The fourth-order valence-corrected chi connectivity index (χ4v) is 3.88. The third-order valence-electron chi connectivity index (χ3n) is 4.81. The zero-order valence-electron chi connectivity index (χ0n) is 11.5. The lowest BCUT2D eigenvalue weighted by Gasteiger charge is -2.28. The van der Waals surface area contributed by atoms with Gasteiger partial charge >= 0.3 is 5.82 Å². The van der Waals surface area contributed by atoms with E-state index < -0.39 is 0 Å². The monoisotopic (exact) mass is 281 g/mol. The number of hydrogen-bond donors (Lipinski definition) is 1. The maximum atomic E-state index is 10.9. The van der Waals surface area contributed by atoms with Gasteiger partial charge in [0.05, 0.1) is 5.69 Å². The van der Waals surface area contributed by atoms with Crippen molar-refractivity contribution in [2.45, 2.75) is 30.6 Å². The summed E-state index contributed by atoms with van der Waals surface area (Å²) in [6.45, 7) is 0. The number of nitrogens with zero attached hydrogens (tertiary/aromatic N) is 2. The first-order valence-corrected chi connectivity index (χ1v) is 7.19. The van der Waals surface area contributed by atoms with Crippen LogP contribution in [-0.2, 0) is 5.41 Å². The number of aromatic amines is 1. The molecular formula is C16H15N3O2. The molecule has 1 spiro atoms. The van der Waals surface area contributed by atoms with Crippen LogP contribution >= 0.6 is 0 Å². The lowest BCUT2D eigenvalue weighted by Crippen LogP contribution is -2.28. The van der Waals surface area contributed by atoms with Crippen LogP contribution in [0.15, 0.2) is 41.4 Å². The maximum Gasteiger partial charge on any atom is 0.321 e. The molecular weight excluding hydrogens is 266 g/mol. The molecule has 1 fully saturated rings. The minimum atomic E-state index is -0.373. The molecule has 106 valence electrons. The first kappa shape index (κ1) is 12.3. The summed E-state index contributed by atoms with van der Waals surface area (Å²) in [4.78, 5) is 18.1. The van der Waals surface area contributed by atoms with Crippen LogP contribution in [0.3, 0.4) is 0 Å². The molecule has 2 aromatic rings. The number of para-hydroxylation sites is 1. The lowest BCUT2D eigenvalue weighted by atomic mass is 9.73. The van der Waals surface area contributed by atoms with Gasteiger partial charge in [-0.05, 0) is 35.5 Å². The van der Waals surface area contributed by atoms with Gasteiger partial charge in [0, 0.05) is 23.6 Å². The molecule has 5 nitrogen and oxygen atoms in total. The molecule has 5 heteroatoms. The molecule has 0 amide bonds. The summed E-state index contributed by atoms with van der Waals surface area (Å²) in [7, 11) is 0. The van der Waals surface area contributed by atoms with Crippen LogP contribution in [0.5, 0.6) is 0 Å². The van der Waals surface area contributed by atoms with E-state index in [1.807, 2.05) is 24.3 Å². The van der Waals surface area contributed by atoms with Crippen molar-refractivity contribution < 1.29 is 4.92 Å². The lowest BCUT2D eigenvalue weighted by molar-refractivity contribution is -0.389. The summed E-state index contributed by atoms with van der Waals surface area (Å²) in [6, 6.07) is 11.6. The van der Waals surface area contributed by atoms with E-state index in [1.54, 1.807) is 6.07 Å². The molecule has 0 radical (unpaired) electrons. The number of aromatic nitrogens is 1. The number of hydrogen-bond acceptors (Lipinski definition) is 3. The van der Waals surface area contributed by atoms with Gasteiger partial charge in [-0.25, -0.2) is 4.98 Å². The summed E-state index contributed by atoms with van der Waals surface area (Å²) in [5.41, 5.74) is 3.13. The van der Waals surface area contributed by atoms with E-state index in [0.29, 0.717) is 0 Å². The predicted octanol–water partition coefficient (Wildman–Crippen LogP) is 3.84. The van der Waals surface area contributed by atoms with Crippen LogP contribution in [-0.4, -0.2) is 16.1 Å². The molecule has 1 aromatic carbocycles. The molecule has 2 aliphatic rings. The second kappa shape index (κ2) is 4.28. The van der Waals surface area contributed by atoms with E-state index >= 15 is 0 Å². The van der Waals surface area contributed by atoms with E-state index in [1.165, 1.54) is 5.56 Å². The second-order valence-corrected chi connectivity index (χ2v) is 5.82. The predicted molar refractivity (Wildman–Crippen MR) is 80.3 cm³/mol. The van der Waals surface area contributed by atoms with E-state index in [-0.39, 0.29) is 22.1 Å². The Kier molecular flexibility index (Phi) is 2.51. The molecule has 4 rings (SSSR count). The van der Waals surface area contributed by atoms with Crippen LogP contribution in [0, 0.1) is 10.1 Å². The standard InChI is InChI=1S/C16H15N3O2/c20-19(21)15-8-7-14(18-15)12-5-3-9-16(12)10-17-13-6-2-1-4-11(13)16/h1-2,4,6-8,10,12,18H,3,5,9H2. The Balaban J connectivity index is 1.79. The van der Waals surface area contributed by atoms with E-state index in [9.17, 15) is 10.1 Å². The van der Waals surface area contributed by atoms with Crippen molar-refractivity contribution in [2.75, 3.05) is 0 Å².